The number of thiophene rings is 1. The first-order chi connectivity index (χ1) is 16.2. The second-order valence-electron chi connectivity index (χ2n) is 7.23. The Balaban J connectivity index is 1.77. The largest absolute Gasteiger partial charge is 0.389 e. The van der Waals surface area contributed by atoms with Gasteiger partial charge in [-0.25, -0.2) is 0 Å². The molecule has 1 heterocycles. The molecular formula is C23H17N5O4S2. The van der Waals surface area contributed by atoms with Crippen molar-refractivity contribution in [2.45, 2.75) is 11.8 Å². The van der Waals surface area contributed by atoms with Crippen LogP contribution in [0.25, 0.3) is 21.9 Å². The maximum atomic E-state index is 11.7. The third-order valence-electron chi connectivity index (χ3n) is 4.88. The lowest BCUT2D eigenvalue weighted by Gasteiger charge is -2.05. The predicted octanol–water partition coefficient (Wildman–Crippen LogP) is 5.64. The van der Waals surface area contributed by atoms with E-state index in [0.717, 1.165) is 11.3 Å². The number of nitrogen functional groups attached to an aromatic ring is 1. The van der Waals surface area contributed by atoms with E-state index in [-0.39, 0.29) is 21.4 Å². The van der Waals surface area contributed by atoms with Crippen molar-refractivity contribution in [1.82, 2.24) is 0 Å². The summed E-state index contributed by atoms with van der Waals surface area (Å²) in [5.74, 6) is -0.202. The highest BCUT2D eigenvalue weighted by molar-refractivity contribution is 7.86. The Morgan fingerprint density at radius 2 is 1.85 bits per heavy atom. The third kappa shape index (κ3) is 4.65. The molecule has 170 valence electrons. The Morgan fingerprint density at radius 1 is 1.12 bits per heavy atom. The van der Waals surface area contributed by atoms with Crippen LogP contribution in [0, 0.1) is 11.3 Å². The number of hydrogen-bond acceptors (Lipinski definition) is 8. The van der Waals surface area contributed by atoms with Gasteiger partial charge in [-0.2, -0.15) is 13.7 Å². The van der Waals surface area contributed by atoms with Crippen molar-refractivity contribution in [2.75, 3.05) is 11.1 Å². The van der Waals surface area contributed by atoms with Crippen molar-refractivity contribution in [3.8, 4) is 17.2 Å². The number of carbonyl (C=O) groups is 1. The molecule has 9 nitrogen and oxygen atoms in total. The van der Waals surface area contributed by atoms with Crippen LogP contribution >= 0.6 is 11.3 Å². The Bertz CT molecular complexity index is 1600. The number of benzene rings is 3. The zero-order chi connectivity index (χ0) is 24.5. The average Bonchev–Trinajstić information content (AvgIpc) is 3.11. The van der Waals surface area contributed by atoms with Gasteiger partial charge in [-0.1, -0.05) is 41.7 Å². The molecule has 1 amide bonds. The molecule has 0 aliphatic heterocycles. The van der Waals surface area contributed by atoms with Crippen LogP contribution in [0.1, 0.15) is 12.5 Å². The van der Waals surface area contributed by atoms with Crippen LogP contribution in [-0.4, -0.2) is 18.9 Å². The van der Waals surface area contributed by atoms with Crippen molar-refractivity contribution in [3.05, 3.63) is 66.2 Å². The summed E-state index contributed by atoms with van der Waals surface area (Å²) in [5.41, 5.74) is 8.42. The monoisotopic (exact) mass is 491 g/mol. The first-order valence-electron chi connectivity index (χ1n) is 9.80. The smallest absolute Gasteiger partial charge is 0.295 e. The summed E-state index contributed by atoms with van der Waals surface area (Å²) in [6, 6.07) is 18.4. The molecule has 0 saturated carbocycles. The molecule has 34 heavy (non-hydrogen) atoms. The predicted molar refractivity (Wildman–Crippen MR) is 131 cm³/mol. The molecule has 0 fully saturated rings. The van der Waals surface area contributed by atoms with Gasteiger partial charge in [0.05, 0.1) is 11.3 Å². The Hall–Kier alpha value is -4.11. The summed E-state index contributed by atoms with van der Waals surface area (Å²) in [6.45, 7) is 1.41. The average molecular weight is 492 g/mol. The maximum Gasteiger partial charge on any atom is 0.295 e. The first-order valence-corrected chi connectivity index (χ1v) is 12.1. The van der Waals surface area contributed by atoms with Crippen LogP contribution in [-0.2, 0) is 14.9 Å². The molecule has 0 saturated heterocycles. The number of nitrogens with one attached hydrogen (secondary N) is 1. The van der Waals surface area contributed by atoms with Gasteiger partial charge in [0.25, 0.3) is 10.1 Å². The second-order valence-corrected chi connectivity index (χ2v) is 9.65. The lowest BCUT2D eigenvalue weighted by molar-refractivity contribution is -0.114. The van der Waals surface area contributed by atoms with Crippen LogP contribution < -0.4 is 11.1 Å². The van der Waals surface area contributed by atoms with Crippen LogP contribution in [0.15, 0.2) is 75.8 Å². The summed E-state index contributed by atoms with van der Waals surface area (Å²) in [6.07, 6.45) is 0. The maximum absolute atomic E-state index is 11.7. The normalized spacial score (nSPS) is 11.6. The summed E-state index contributed by atoms with van der Waals surface area (Å²) in [5, 5.41) is 22.4. The minimum Gasteiger partial charge on any atom is -0.389 e. The summed E-state index contributed by atoms with van der Waals surface area (Å²) >= 11 is 1.09. The SMILES string of the molecule is CC(=O)Nc1ccc(-c2c(N=Nc3ccc4cccc(S(=O)(=O)O)c4c3)sc(N)c2C#N)cc1. The van der Waals surface area contributed by atoms with E-state index in [1.165, 1.54) is 25.1 Å². The van der Waals surface area contributed by atoms with Crippen LogP contribution in [0.2, 0.25) is 0 Å². The fourth-order valence-electron chi connectivity index (χ4n) is 3.43. The Kier molecular flexibility index (Phi) is 6.12. The van der Waals surface area contributed by atoms with E-state index in [1.807, 2.05) is 0 Å². The van der Waals surface area contributed by atoms with Crippen LogP contribution in [0.5, 0.6) is 0 Å². The number of carbonyl (C=O) groups excluding carboxylic acids is 1. The highest BCUT2D eigenvalue weighted by Gasteiger charge is 2.19. The van der Waals surface area contributed by atoms with Gasteiger partial charge in [0.2, 0.25) is 5.91 Å². The molecule has 0 aliphatic rings. The van der Waals surface area contributed by atoms with Gasteiger partial charge in [-0.3, -0.25) is 9.35 Å². The molecule has 0 unspecified atom stereocenters. The summed E-state index contributed by atoms with van der Waals surface area (Å²) in [7, 11) is -4.42. The number of fused-ring (bicyclic) bond motifs is 1. The van der Waals surface area contributed by atoms with Crippen molar-refractivity contribution in [2.24, 2.45) is 10.2 Å². The molecule has 11 heteroatoms. The van der Waals surface area contributed by atoms with Gasteiger partial charge in [0.15, 0.2) is 0 Å². The Morgan fingerprint density at radius 3 is 2.50 bits per heavy atom. The van der Waals surface area contributed by atoms with E-state index in [2.05, 4.69) is 21.6 Å². The van der Waals surface area contributed by atoms with E-state index in [1.54, 1.807) is 42.5 Å². The number of hydrogen-bond donors (Lipinski definition) is 3. The van der Waals surface area contributed by atoms with Gasteiger partial charge < -0.3 is 11.1 Å². The van der Waals surface area contributed by atoms with Crippen LogP contribution in [0.4, 0.5) is 21.4 Å². The summed E-state index contributed by atoms with van der Waals surface area (Å²) < 4.78 is 33.0. The number of amides is 1. The minimum atomic E-state index is -4.42. The van der Waals surface area contributed by atoms with Gasteiger partial charge in [-0.05, 0) is 41.3 Å². The quantitative estimate of drug-likeness (QED) is 0.242. The Labute approximate surface area is 198 Å². The fourth-order valence-corrected chi connectivity index (χ4v) is 5.00. The van der Waals surface area contributed by atoms with E-state index in [9.17, 15) is 23.0 Å². The standard InChI is InChI=1S/C23H17N5O4S2/c1-13(29)26-16-8-6-15(7-9-16)21-19(12-24)22(25)33-23(21)28-27-17-10-5-14-3-2-4-20(18(14)11-17)34(30,31)32/h2-11H,25H2,1H3,(H,26,29)(H,30,31,32). The molecule has 0 aliphatic carbocycles. The molecule has 1 aromatic heterocycles. The number of nitrogens with zero attached hydrogens (tertiary/aromatic N) is 3. The van der Waals surface area contributed by atoms with Crippen molar-refractivity contribution >= 4 is 59.5 Å². The highest BCUT2D eigenvalue weighted by Crippen LogP contribution is 2.45. The van der Waals surface area contributed by atoms with Crippen molar-refractivity contribution in [3.63, 3.8) is 0 Å². The lowest BCUT2D eigenvalue weighted by Crippen LogP contribution is -2.05. The number of nitriles is 1. The highest BCUT2D eigenvalue weighted by atomic mass is 32.2. The molecule has 4 rings (SSSR count). The lowest BCUT2D eigenvalue weighted by atomic mass is 10.0. The van der Waals surface area contributed by atoms with Crippen molar-refractivity contribution in [1.29, 1.82) is 5.26 Å². The van der Waals surface area contributed by atoms with E-state index in [0.29, 0.717) is 38.3 Å². The van der Waals surface area contributed by atoms with E-state index in [4.69, 9.17) is 5.73 Å². The molecule has 4 N–H and O–H groups in total. The van der Waals surface area contributed by atoms with Gasteiger partial charge in [-0.15, -0.1) is 10.2 Å². The van der Waals surface area contributed by atoms with Gasteiger partial charge in [0, 0.05) is 23.6 Å². The molecule has 0 spiro atoms. The molecule has 0 atom stereocenters. The first kappa shape index (κ1) is 23.1. The molecule has 0 bridgehead atoms. The van der Waals surface area contributed by atoms with E-state index >= 15 is 0 Å². The second kappa shape index (κ2) is 9.03. The summed E-state index contributed by atoms with van der Waals surface area (Å²) in [4.78, 5) is 11.0. The number of azo groups is 1. The minimum absolute atomic E-state index is 0.202. The number of nitrogens with two attached hydrogens (primary N) is 1. The molecule has 0 radical (unpaired) electrons. The molecule has 4 aromatic rings. The van der Waals surface area contributed by atoms with Crippen molar-refractivity contribution < 1.29 is 17.8 Å². The number of rotatable bonds is 5. The molecule has 3 aromatic carbocycles. The third-order valence-corrected chi connectivity index (χ3v) is 6.70. The zero-order valence-electron chi connectivity index (χ0n) is 17.7. The fraction of sp³-hybridized carbons (Fsp3) is 0.0435. The molecular weight excluding hydrogens is 474 g/mol. The van der Waals surface area contributed by atoms with Gasteiger partial charge >= 0.3 is 0 Å². The topological polar surface area (TPSA) is 158 Å². The van der Waals surface area contributed by atoms with E-state index < -0.39 is 10.1 Å². The number of anilines is 2. The zero-order valence-corrected chi connectivity index (χ0v) is 19.3. The van der Waals surface area contributed by atoms with Gasteiger partial charge in [0.1, 0.15) is 21.0 Å². The van der Waals surface area contributed by atoms with Crippen LogP contribution in [0.3, 0.4) is 0 Å².